The Bertz CT molecular complexity index is 1320. The van der Waals surface area contributed by atoms with E-state index in [0.29, 0.717) is 25.2 Å². The van der Waals surface area contributed by atoms with Crippen molar-refractivity contribution < 1.29 is 64.9 Å². The summed E-state index contributed by atoms with van der Waals surface area (Å²) in [4.78, 5) is 0. The molecule has 0 radical (unpaired) electrons. The Morgan fingerprint density at radius 2 is 1.35 bits per heavy atom. The van der Waals surface area contributed by atoms with Gasteiger partial charge in [-0.2, -0.15) is 0 Å². The van der Waals surface area contributed by atoms with E-state index in [4.69, 9.17) is 18.9 Å². The number of fused-ring (bicyclic) bond motifs is 5. The molecule has 2 heterocycles. The van der Waals surface area contributed by atoms with E-state index >= 15 is 0 Å². The van der Waals surface area contributed by atoms with Gasteiger partial charge in [0.1, 0.15) is 48.8 Å². The van der Waals surface area contributed by atoms with E-state index in [1.54, 1.807) is 0 Å². The van der Waals surface area contributed by atoms with E-state index in [9.17, 15) is 46.0 Å². The fourth-order valence-corrected chi connectivity index (χ4v) is 12.6. The summed E-state index contributed by atoms with van der Waals surface area (Å²) in [5.74, 6) is 0.906. The second-order valence-electron chi connectivity index (χ2n) is 19.4. The second-order valence-corrected chi connectivity index (χ2v) is 19.4. The molecule has 13 nitrogen and oxygen atoms in total. The van der Waals surface area contributed by atoms with Gasteiger partial charge < -0.3 is 64.9 Å². The van der Waals surface area contributed by atoms with Gasteiger partial charge in [-0.05, 0) is 124 Å². The molecule has 9 N–H and O–H groups in total. The molecule has 6 fully saturated rings. The molecule has 0 aromatic heterocycles. The summed E-state index contributed by atoms with van der Waals surface area (Å²) in [7, 11) is 0. The van der Waals surface area contributed by atoms with E-state index in [2.05, 4.69) is 47.6 Å². The van der Waals surface area contributed by atoms with E-state index in [1.807, 2.05) is 6.92 Å². The summed E-state index contributed by atoms with van der Waals surface area (Å²) in [6.07, 6.45) is -6.24. The molecule has 0 amide bonds. The van der Waals surface area contributed by atoms with Crippen molar-refractivity contribution in [3.63, 3.8) is 0 Å². The van der Waals surface area contributed by atoms with Gasteiger partial charge >= 0.3 is 0 Å². The molecule has 20 atom stereocenters. The first-order valence-corrected chi connectivity index (χ1v) is 20.5. The summed E-state index contributed by atoms with van der Waals surface area (Å²) in [5, 5.41) is 97.0. The molecule has 2 aliphatic heterocycles. The lowest BCUT2D eigenvalue weighted by Crippen LogP contribution is -2.66. The van der Waals surface area contributed by atoms with Crippen LogP contribution in [-0.4, -0.2) is 138 Å². The van der Waals surface area contributed by atoms with Crippen LogP contribution in [0, 0.1) is 45.8 Å². The van der Waals surface area contributed by atoms with Gasteiger partial charge in [0.25, 0.3) is 0 Å². The lowest BCUT2D eigenvalue weighted by Gasteiger charge is -2.67. The largest absolute Gasteiger partial charge is 0.394 e. The number of aliphatic hydroxyl groups excluding tert-OH is 8. The third-order valence-corrected chi connectivity index (χ3v) is 16.0. The summed E-state index contributed by atoms with van der Waals surface area (Å²) in [5.41, 5.74) is -0.153. The standard InChI is InChI=1S/C41H70O13/c1-20(2)9-8-14-41(7,50)23-13-16-40(6)29(23)25(44)17-24-21-10-11-28(38(3,4)22(21)12-15-39(24,40)5)53-37-35(33(48)31(46)27(19-43)52-37)54-36-34(49)32(47)30(45)26(18-42)51-36/h9,21-37,42-50H,8,10-19H2,1-7H3. The zero-order chi connectivity index (χ0) is 39.7. The summed E-state index contributed by atoms with van der Waals surface area (Å²) >= 11 is 0. The van der Waals surface area contributed by atoms with E-state index < -0.39 is 91.7 Å². The SMILES string of the molecule is CC(C)=CCCC(C)(O)C1CCC2(C)C1C(O)CC1C3CCC(OC4OC(CO)C(O)C(O)C4OC4OC(CO)C(O)C(O)C4O)C(C)(C)C3CCC12C. The van der Waals surface area contributed by atoms with E-state index in [0.717, 1.165) is 38.5 Å². The van der Waals surface area contributed by atoms with Crippen LogP contribution in [0.2, 0.25) is 0 Å². The first kappa shape index (κ1) is 42.8. The minimum atomic E-state index is -1.75. The maximum absolute atomic E-state index is 12.1. The third-order valence-electron chi connectivity index (χ3n) is 16.0. The van der Waals surface area contributed by atoms with Crippen molar-refractivity contribution in [2.45, 2.75) is 185 Å². The minimum absolute atomic E-state index is 0.0159. The number of hydrogen-bond donors (Lipinski definition) is 9. The lowest BCUT2D eigenvalue weighted by molar-refractivity contribution is -0.377. The fourth-order valence-electron chi connectivity index (χ4n) is 12.6. The average molecular weight is 771 g/mol. The quantitative estimate of drug-likeness (QED) is 0.114. The Balaban J connectivity index is 1.20. The lowest BCUT2D eigenvalue weighted by atomic mass is 9.39. The third kappa shape index (κ3) is 7.17. The molecule has 6 rings (SSSR count). The van der Waals surface area contributed by atoms with Crippen molar-refractivity contribution >= 4 is 0 Å². The van der Waals surface area contributed by atoms with Gasteiger partial charge in [-0.15, -0.1) is 0 Å². The molecule has 0 bridgehead atoms. The zero-order valence-corrected chi connectivity index (χ0v) is 33.3. The van der Waals surface area contributed by atoms with Gasteiger partial charge in [0, 0.05) is 0 Å². The van der Waals surface area contributed by atoms with Gasteiger partial charge in [0.2, 0.25) is 0 Å². The van der Waals surface area contributed by atoms with Crippen molar-refractivity contribution in [2.75, 3.05) is 13.2 Å². The van der Waals surface area contributed by atoms with E-state index in [1.165, 1.54) is 5.57 Å². The number of aliphatic hydroxyl groups is 9. The number of allylic oxidation sites excluding steroid dienone is 2. The van der Waals surface area contributed by atoms with E-state index in [-0.39, 0.29) is 40.6 Å². The Morgan fingerprint density at radius 3 is 1.98 bits per heavy atom. The molecule has 4 saturated carbocycles. The molecule has 2 saturated heterocycles. The summed E-state index contributed by atoms with van der Waals surface area (Å²) in [6.45, 7) is 14.1. The van der Waals surface area contributed by atoms with Gasteiger partial charge in [0.15, 0.2) is 12.6 Å². The normalized spacial score (nSPS) is 51.4. The van der Waals surface area contributed by atoms with Crippen LogP contribution in [-0.2, 0) is 18.9 Å². The predicted molar refractivity (Wildman–Crippen MR) is 196 cm³/mol. The predicted octanol–water partition coefficient (Wildman–Crippen LogP) is 1.76. The summed E-state index contributed by atoms with van der Waals surface area (Å²) in [6, 6.07) is 0. The van der Waals surface area contributed by atoms with Crippen molar-refractivity contribution in [1.29, 1.82) is 0 Å². The maximum atomic E-state index is 12.1. The van der Waals surface area contributed by atoms with Gasteiger partial charge in [-0.3, -0.25) is 0 Å². The van der Waals surface area contributed by atoms with Crippen molar-refractivity contribution in [3.05, 3.63) is 11.6 Å². The molecule has 0 aromatic carbocycles. The molecule has 6 aliphatic rings. The van der Waals surface area contributed by atoms with Gasteiger partial charge in [-0.1, -0.05) is 39.3 Å². The van der Waals surface area contributed by atoms with Crippen LogP contribution in [0.1, 0.15) is 106 Å². The topological polar surface area (TPSA) is 219 Å². The minimum Gasteiger partial charge on any atom is -0.394 e. The van der Waals surface area contributed by atoms with Crippen LogP contribution >= 0.6 is 0 Å². The number of hydrogen-bond acceptors (Lipinski definition) is 13. The van der Waals surface area contributed by atoms with Crippen molar-refractivity contribution in [2.24, 2.45) is 45.8 Å². The molecule has 312 valence electrons. The first-order valence-electron chi connectivity index (χ1n) is 20.5. The molecule has 20 unspecified atom stereocenters. The molecule has 4 aliphatic carbocycles. The highest BCUT2D eigenvalue weighted by molar-refractivity contribution is 5.18. The van der Waals surface area contributed by atoms with Crippen LogP contribution in [0.4, 0.5) is 0 Å². The van der Waals surface area contributed by atoms with Crippen molar-refractivity contribution in [3.8, 4) is 0 Å². The highest BCUT2D eigenvalue weighted by Gasteiger charge is 2.69. The number of rotatable bonds is 10. The molecular formula is C41H70O13. The maximum Gasteiger partial charge on any atom is 0.187 e. The highest BCUT2D eigenvalue weighted by Crippen LogP contribution is 2.73. The fraction of sp³-hybridized carbons (Fsp3) is 0.951. The molecule has 54 heavy (non-hydrogen) atoms. The summed E-state index contributed by atoms with van der Waals surface area (Å²) < 4.78 is 24.2. The Morgan fingerprint density at radius 1 is 0.741 bits per heavy atom. The van der Waals surface area contributed by atoms with Crippen molar-refractivity contribution in [1.82, 2.24) is 0 Å². The van der Waals surface area contributed by atoms with Crippen LogP contribution < -0.4 is 0 Å². The molecule has 0 spiro atoms. The van der Waals surface area contributed by atoms with Gasteiger partial charge in [-0.25, -0.2) is 0 Å². The molecular weight excluding hydrogens is 700 g/mol. The van der Waals surface area contributed by atoms with Crippen LogP contribution in [0.3, 0.4) is 0 Å². The Kier molecular flexibility index (Phi) is 12.5. The van der Waals surface area contributed by atoms with Gasteiger partial charge in [0.05, 0.1) is 31.0 Å². The highest BCUT2D eigenvalue weighted by atomic mass is 16.8. The van der Waals surface area contributed by atoms with Crippen LogP contribution in [0.15, 0.2) is 11.6 Å². The van der Waals surface area contributed by atoms with Crippen LogP contribution in [0.5, 0.6) is 0 Å². The zero-order valence-electron chi connectivity index (χ0n) is 33.3. The molecule has 13 heteroatoms. The molecule has 0 aromatic rings. The second kappa shape index (κ2) is 15.8. The smallest absolute Gasteiger partial charge is 0.187 e. The average Bonchev–Trinajstić information content (AvgIpc) is 3.50. The van der Waals surface area contributed by atoms with Crippen LogP contribution in [0.25, 0.3) is 0 Å². The number of ether oxygens (including phenoxy) is 4. The first-order chi connectivity index (χ1) is 25.2. The Labute approximate surface area is 320 Å². The Hall–Kier alpha value is -0.780. The monoisotopic (exact) mass is 770 g/mol.